The van der Waals surface area contributed by atoms with Crippen LogP contribution >= 0.6 is 24.0 Å². The first kappa shape index (κ1) is 22.9. The van der Waals surface area contributed by atoms with Gasteiger partial charge in [-0.25, -0.2) is 0 Å². The molecule has 3 N–H and O–H groups in total. The number of aryl methyl sites for hydroxylation is 1. The lowest BCUT2D eigenvalue weighted by atomic mass is 10.1. The van der Waals surface area contributed by atoms with Crippen molar-refractivity contribution in [2.75, 3.05) is 19.0 Å². The molecule has 0 atom stereocenters. The Morgan fingerprint density at radius 1 is 1.04 bits per heavy atom. The largest absolute Gasteiger partial charge is 0.573 e. The number of nitrogens with zero attached hydrogens (tertiary/aromatic N) is 1. The zero-order valence-electron chi connectivity index (χ0n) is 14.6. The predicted molar refractivity (Wildman–Crippen MR) is 110 cm³/mol. The summed E-state index contributed by atoms with van der Waals surface area (Å²) in [5.74, 6) is 0.717. The molecule has 0 bridgehead atoms. The number of hydrogen-bond donors (Lipinski definition) is 2. The highest BCUT2D eigenvalue weighted by Crippen LogP contribution is 2.23. The molecule has 0 aliphatic carbocycles. The van der Waals surface area contributed by atoms with Gasteiger partial charge in [0.2, 0.25) is 0 Å². The highest BCUT2D eigenvalue weighted by Gasteiger charge is 2.30. The number of aliphatic imine (C=N–C) groups is 1. The van der Waals surface area contributed by atoms with E-state index >= 15 is 0 Å². The molecule has 148 valence electrons. The van der Waals surface area contributed by atoms with Gasteiger partial charge in [0.25, 0.3) is 0 Å². The second kappa shape index (κ2) is 10.9. The quantitative estimate of drug-likeness (QED) is 0.256. The van der Waals surface area contributed by atoms with Crippen LogP contribution in [0.1, 0.15) is 12.0 Å². The molecule has 5 nitrogen and oxygen atoms in total. The van der Waals surface area contributed by atoms with Gasteiger partial charge in [-0.3, -0.25) is 4.99 Å². The van der Waals surface area contributed by atoms with Gasteiger partial charge in [0, 0.05) is 12.2 Å². The molecule has 0 saturated heterocycles. The highest BCUT2D eigenvalue weighted by atomic mass is 127. The number of methoxy groups -OCH3 is 1. The third-order valence-corrected chi connectivity index (χ3v) is 3.43. The molecule has 0 aliphatic heterocycles. The summed E-state index contributed by atoms with van der Waals surface area (Å²) in [6.07, 6.45) is -3.05. The lowest BCUT2D eigenvalue weighted by molar-refractivity contribution is -0.274. The lowest BCUT2D eigenvalue weighted by Crippen LogP contribution is -2.23. The fourth-order valence-corrected chi connectivity index (χ4v) is 2.20. The van der Waals surface area contributed by atoms with E-state index in [4.69, 9.17) is 10.5 Å². The zero-order chi connectivity index (χ0) is 19.0. The van der Waals surface area contributed by atoms with E-state index in [-0.39, 0.29) is 35.7 Å². The zero-order valence-corrected chi connectivity index (χ0v) is 17.0. The van der Waals surface area contributed by atoms with Gasteiger partial charge in [-0.2, -0.15) is 0 Å². The number of halogens is 4. The number of alkyl halides is 3. The van der Waals surface area contributed by atoms with E-state index < -0.39 is 6.36 Å². The number of benzene rings is 2. The normalized spacial score (nSPS) is 11.5. The average Bonchev–Trinajstić information content (AvgIpc) is 2.60. The van der Waals surface area contributed by atoms with Crippen LogP contribution in [0.2, 0.25) is 0 Å². The maximum absolute atomic E-state index is 12.1. The third kappa shape index (κ3) is 8.85. The Hall–Kier alpha value is -2.17. The lowest BCUT2D eigenvalue weighted by Gasteiger charge is -2.10. The molecular formula is C18H21F3IN3O2. The Balaban J connectivity index is 0.00000364. The molecular weight excluding hydrogens is 474 g/mol. The van der Waals surface area contributed by atoms with Crippen molar-refractivity contribution >= 4 is 35.6 Å². The minimum atomic E-state index is -4.71. The molecule has 2 aromatic rings. The third-order valence-electron chi connectivity index (χ3n) is 3.43. The molecule has 0 radical (unpaired) electrons. The van der Waals surface area contributed by atoms with Crippen LogP contribution in [-0.4, -0.2) is 26.0 Å². The second-order valence-electron chi connectivity index (χ2n) is 5.42. The number of rotatable bonds is 7. The Kier molecular flexibility index (Phi) is 9.19. The van der Waals surface area contributed by atoms with E-state index in [0.717, 1.165) is 18.6 Å². The number of hydrogen-bond acceptors (Lipinski definition) is 3. The Morgan fingerprint density at radius 2 is 1.63 bits per heavy atom. The monoisotopic (exact) mass is 495 g/mol. The fraction of sp³-hybridized carbons (Fsp3) is 0.278. The van der Waals surface area contributed by atoms with Crippen LogP contribution < -0.4 is 20.5 Å². The summed E-state index contributed by atoms with van der Waals surface area (Å²) in [7, 11) is 1.62. The molecule has 0 heterocycles. The van der Waals surface area contributed by atoms with Crippen LogP contribution in [0.3, 0.4) is 0 Å². The molecule has 2 aromatic carbocycles. The summed E-state index contributed by atoms with van der Waals surface area (Å²) in [6.45, 7) is 0.528. The maximum Gasteiger partial charge on any atom is 0.573 e. The van der Waals surface area contributed by atoms with E-state index in [2.05, 4.69) is 15.0 Å². The van der Waals surface area contributed by atoms with Crippen molar-refractivity contribution < 1.29 is 22.6 Å². The van der Waals surface area contributed by atoms with Gasteiger partial charge >= 0.3 is 6.36 Å². The van der Waals surface area contributed by atoms with Crippen molar-refractivity contribution in [1.29, 1.82) is 0 Å². The molecule has 27 heavy (non-hydrogen) atoms. The molecule has 0 saturated carbocycles. The summed E-state index contributed by atoms with van der Waals surface area (Å²) in [5.41, 5.74) is 7.47. The minimum absolute atomic E-state index is 0. The van der Waals surface area contributed by atoms with Gasteiger partial charge in [0.05, 0.1) is 7.11 Å². The van der Waals surface area contributed by atoms with Crippen molar-refractivity contribution in [2.24, 2.45) is 10.7 Å². The van der Waals surface area contributed by atoms with Crippen molar-refractivity contribution in [3.8, 4) is 11.5 Å². The van der Waals surface area contributed by atoms with E-state index in [1.165, 1.54) is 29.8 Å². The van der Waals surface area contributed by atoms with Crippen molar-refractivity contribution in [2.45, 2.75) is 19.2 Å². The van der Waals surface area contributed by atoms with Crippen LogP contribution in [0.4, 0.5) is 18.9 Å². The summed E-state index contributed by atoms with van der Waals surface area (Å²) < 4.78 is 45.2. The molecule has 0 fully saturated rings. The molecule has 0 aliphatic rings. The standard InChI is InChI=1S/C18H20F3N3O2.HI/c1-25-15-8-4-13(5-9-15)3-2-12-23-17(22)24-14-6-10-16(11-7-14)26-18(19,20)21;/h4-11H,2-3,12H2,1H3,(H3,22,23,24);1H. The first-order chi connectivity index (χ1) is 12.4. The molecule has 2 rings (SSSR count). The van der Waals surface area contributed by atoms with Crippen LogP contribution in [0.5, 0.6) is 11.5 Å². The first-order valence-electron chi connectivity index (χ1n) is 7.91. The van der Waals surface area contributed by atoms with E-state index in [1.807, 2.05) is 24.3 Å². The maximum atomic E-state index is 12.1. The van der Waals surface area contributed by atoms with Crippen molar-refractivity contribution in [3.63, 3.8) is 0 Å². The molecule has 9 heteroatoms. The Morgan fingerprint density at radius 3 is 2.19 bits per heavy atom. The van der Waals surface area contributed by atoms with Crippen LogP contribution in [-0.2, 0) is 6.42 Å². The SMILES string of the molecule is COc1ccc(CCCN=C(N)Nc2ccc(OC(F)(F)F)cc2)cc1.I. The summed E-state index contributed by atoms with van der Waals surface area (Å²) >= 11 is 0. The van der Waals surface area contributed by atoms with Gasteiger partial charge in [-0.15, -0.1) is 37.1 Å². The van der Waals surface area contributed by atoms with Gasteiger partial charge in [0.1, 0.15) is 11.5 Å². The first-order valence-corrected chi connectivity index (χ1v) is 7.91. The topological polar surface area (TPSA) is 68.9 Å². The molecule has 0 aromatic heterocycles. The van der Waals surface area contributed by atoms with Crippen molar-refractivity contribution in [3.05, 3.63) is 54.1 Å². The number of ether oxygens (including phenoxy) is 2. The minimum Gasteiger partial charge on any atom is -0.497 e. The molecule has 0 unspecified atom stereocenters. The number of nitrogens with two attached hydrogens (primary N) is 1. The fourth-order valence-electron chi connectivity index (χ4n) is 2.20. The van der Waals surface area contributed by atoms with Gasteiger partial charge in [-0.05, 0) is 54.8 Å². The van der Waals surface area contributed by atoms with Crippen LogP contribution in [0.15, 0.2) is 53.5 Å². The average molecular weight is 495 g/mol. The number of anilines is 1. The summed E-state index contributed by atoms with van der Waals surface area (Å²) in [5, 5.41) is 2.82. The van der Waals surface area contributed by atoms with Crippen LogP contribution in [0, 0.1) is 0 Å². The van der Waals surface area contributed by atoms with E-state index in [1.54, 1.807) is 7.11 Å². The summed E-state index contributed by atoms with van der Waals surface area (Å²) in [6, 6.07) is 13.1. The summed E-state index contributed by atoms with van der Waals surface area (Å²) in [4.78, 5) is 4.20. The second-order valence-corrected chi connectivity index (χ2v) is 5.42. The molecule has 0 spiro atoms. The van der Waals surface area contributed by atoms with E-state index in [0.29, 0.717) is 12.2 Å². The van der Waals surface area contributed by atoms with Crippen molar-refractivity contribution in [1.82, 2.24) is 0 Å². The van der Waals surface area contributed by atoms with Crippen LogP contribution in [0.25, 0.3) is 0 Å². The predicted octanol–water partition coefficient (Wildman–Crippen LogP) is 4.57. The van der Waals surface area contributed by atoms with Gasteiger partial charge in [0.15, 0.2) is 5.96 Å². The van der Waals surface area contributed by atoms with E-state index in [9.17, 15) is 13.2 Å². The molecule has 0 amide bonds. The smallest absolute Gasteiger partial charge is 0.497 e. The van der Waals surface area contributed by atoms with Gasteiger partial charge in [-0.1, -0.05) is 12.1 Å². The highest BCUT2D eigenvalue weighted by molar-refractivity contribution is 14.0. The van der Waals surface area contributed by atoms with Gasteiger partial charge < -0.3 is 20.5 Å². The number of guanidine groups is 1. The Labute approximate surface area is 172 Å². The number of nitrogens with one attached hydrogen (secondary N) is 1. The Bertz CT molecular complexity index is 720.